The molecule has 0 atom stereocenters. The summed E-state index contributed by atoms with van der Waals surface area (Å²) >= 11 is 0. The van der Waals surface area contributed by atoms with Gasteiger partial charge in [0, 0.05) is 23.0 Å². The van der Waals surface area contributed by atoms with Crippen molar-refractivity contribution in [3.05, 3.63) is 59.2 Å². The van der Waals surface area contributed by atoms with Gasteiger partial charge in [0.1, 0.15) is 0 Å². The number of carboxylic acids is 1. The maximum Gasteiger partial charge on any atom is 0.335 e. The van der Waals surface area contributed by atoms with E-state index >= 15 is 0 Å². The van der Waals surface area contributed by atoms with Gasteiger partial charge in [0.25, 0.3) is 0 Å². The van der Waals surface area contributed by atoms with Crippen molar-refractivity contribution < 1.29 is 19.5 Å². The number of rotatable bonds is 6. The second-order valence-electron chi connectivity index (χ2n) is 6.37. The Balaban J connectivity index is 2.24. The van der Waals surface area contributed by atoms with Gasteiger partial charge in [0.05, 0.1) is 11.8 Å². The van der Waals surface area contributed by atoms with E-state index in [1.165, 1.54) is 18.3 Å². The van der Waals surface area contributed by atoms with Crippen molar-refractivity contribution in [2.45, 2.75) is 26.8 Å². The second kappa shape index (κ2) is 9.31. The van der Waals surface area contributed by atoms with Gasteiger partial charge in [-0.15, -0.1) is 0 Å². The standard InChI is InChI=1S/C20H22N4O4/c1-12(2)22-18(25)19(26)24-21-11-15-10-14(20(27)28)8-9-17(15)23-16-7-5-4-6-13(16)3/h4-12,23H,1-3H3,(H,22,25)(H,24,26)(H,27,28)/b21-11-. The van der Waals surface area contributed by atoms with Crippen LogP contribution in [0.3, 0.4) is 0 Å². The van der Waals surface area contributed by atoms with E-state index in [1.54, 1.807) is 19.9 Å². The van der Waals surface area contributed by atoms with E-state index in [2.05, 4.69) is 21.2 Å². The van der Waals surface area contributed by atoms with Gasteiger partial charge in [-0.3, -0.25) is 9.59 Å². The summed E-state index contributed by atoms with van der Waals surface area (Å²) in [5, 5.41) is 18.7. The molecule has 2 rings (SSSR count). The molecule has 146 valence electrons. The van der Waals surface area contributed by atoms with E-state index < -0.39 is 17.8 Å². The molecule has 0 saturated carbocycles. The number of hydrogen-bond donors (Lipinski definition) is 4. The first-order valence-electron chi connectivity index (χ1n) is 8.62. The van der Waals surface area contributed by atoms with Crippen molar-refractivity contribution in [1.82, 2.24) is 10.7 Å². The molecule has 8 nitrogen and oxygen atoms in total. The molecule has 0 aliphatic rings. The highest BCUT2D eigenvalue weighted by Crippen LogP contribution is 2.23. The predicted octanol–water partition coefficient (Wildman–Crippen LogP) is 2.41. The number of anilines is 2. The molecule has 28 heavy (non-hydrogen) atoms. The molecule has 0 unspecified atom stereocenters. The fourth-order valence-corrected chi connectivity index (χ4v) is 2.31. The first-order chi connectivity index (χ1) is 13.3. The molecule has 0 radical (unpaired) electrons. The minimum Gasteiger partial charge on any atom is -0.478 e. The molecule has 0 aliphatic carbocycles. The molecule has 0 aromatic heterocycles. The van der Waals surface area contributed by atoms with E-state index in [0.29, 0.717) is 11.3 Å². The Morgan fingerprint density at radius 2 is 1.75 bits per heavy atom. The summed E-state index contributed by atoms with van der Waals surface area (Å²) in [5.41, 5.74) is 5.09. The molecule has 0 saturated heterocycles. The number of nitrogens with zero attached hydrogens (tertiary/aromatic N) is 1. The van der Waals surface area contributed by atoms with Crippen LogP contribution < -0.4 is 16.1 Å². The van der Waals surface area contributed by atoms with Crippen LogP contribution >= 0.6 is 0 Å². The molecule has 2 aromatic carbocycles. The molecule has 0 spiro atoms. The van der Waals surface area contributed by atoms with E-state index in [4.69, 9.17) is 0 Å². The third-order valence-electron chi connectivity index (χ3n) is 3.71. The van der Waals surface area contributed by atoms with Crippen LogP contribution in [0.2, 0.25) is 0 Å². The Labute approximate surface area is 162 Å². The number of nitrogens with one attached hydrogen (secondary N) is 3. The molecule has 0 fully saturated rings. The van der Waals surface area contributed by atoms with Crippen molar-refractivity contribution in [3.8, 4) is 0 Å². The van der Waals surface area contributed by atoms with Crippen LogP contribution in [0.15, 0.2) is 47.6 Å². The Morgan fingerprint density at radius 1 is 1.04 bits per heavy atom. The zero-order valence-electron chi connectivity index (χ0n) is 15.8. The first-order valence-corrected chi connectivity index (χ1v) is 8.62. The van der Waals surface area contributed by atoms with Crippen molar-refractivity contribution >= 4 is 35.4 Å². The SMILES string of the molecule is Cc1ccccc1Nc1ccc(C(=O)O)cc1/C=N\NC(=O)C(=O)NC(C)C. The fraction of sp³-hybridized carbons (Fsp3) is 0.200. The van der Waals surface area contributed by atoms with Gasteiger partial charge in [-0.25, -0.2) is 10.2 Å². The summed E-state index contributed by atoms with van der Waals surface area (Å²) in [6, 6.07) is 11.9. The first kappa shape index (κ1) is 20.6. The summed E-state index contributed by atoms with van der Waals surface area (Å²) in [7, 11) is 0. The van der Waals surface area contributed by atoms with Crippen LogP contribution in [-0.4, -0.2) is 35.1 Å². The number of aryl methyl sites for hydroxylation is 1. The van der Waals surface area contributed by atoms with Crippen LogP contribution in [0.1, 0.15) is 35.3 Å². The van der Waals surface area contributed by atoms with E-state index in [1.807, 2.05) is 31.2 Å². The third-order valence-corrected chi connectivity index (χ3v) is 3.71. The number of hydrogen-bond acceptors (Lipinski definition) is 5. The lowest BCUT2D eigenvalue weighted by atomic mass is 10.1. The third kappa shape index (κ3) is 5.66. The van der Waals surface area contributed by atoms with Gasteiger partial charge in [-0.05, 0) is 50.6 Å². The molecule has 2 amide bonds. The molecule has 0 aliphatic heterocycles. The summed E-state index contributed by atoms with van der Waals surface area (Å²) < 4.78 is 0. The lowest BCUT2D eigenvalue weighted by Gasteiger charge is -2.12. The van der Waals surface area contributed by atoms with Gasteiger partial charge in [-0.2, -0.15) is 5.10 Å². The largest absolute Gasteiger partial charge is 0.478 e. The number of carboxylic acid groups (broad SMARTS) is 1. The zero-order chi connectivity index (χ0) is 20.7. The minimum atomic E-state index is -1.09. The van der Waals surface area contributed by atoms with Crippen molar-refractivity contribution in [2.24, 2.45) is 5.10 Å². The maximum absolute atomic E-state index is 11.7. The smallest absolute Gasteiger partial charge is 0.335 e. The molecule has 4 N–H and O–H groups in total. The summed E-state index contributed by atoms with van der Waals surface area (Å²) in [4.78, 5) is 34.6. The predicted molar refractivity (Wildman–Crippen MR) is 107 cm³/mol. The number of aromatic carboxylic acids is 1. The van der Waals surface area contributed by atoms with E-state index in [0.717, 1.165) is 11.3 Å². The van der Waals surface area contributed by atoms with Crippen LogP contribution in [0.4, 0.5) is 11.4 Å². The van der Waals surface area contributed by atoms with Gasteiger partial charge < -0.3 is 15.7 Å². The summed E-state index contributed by atoms with van der Waals surface area (Å²) in [6.45, 7) is 5.40. The number of benzene rings is 2. The van der Waals surface area contributed by atoms with Crippen LogP contribution in [0.25, 0.3) is 0 Å². The normalized spacial score (nSPS) is 10.7. The molecular formula is C20H22N4O4. The topological polar surface area (TPSA) is 120 Å². The van der Waals surface area contributed by atoms with Gasteiger partial charge in [0.2, 0.25) is 0 Å². The van der Waals surface area contributed by atoms with Crippen molar-refractivity contribution in [3.63, 3.8) is 0 Å². The number of para-hydroxylation sites is 1. The molecule has 2 aromatic rings. The molecule has 0 heterocycles. The van der Waals surface area contributed by atoms with E-state index in [9.17, 15) is 19.5 Å². The van der Waals surface area contributed by atoms with Crippen LogP contribution in [0, 0.1) is 6.92 Å². The highest BCUT2D eigenvalue weighted by Gasteiger charge is 2.13. The second-order valence-corrected chi connectivity index (χ2v) is 6.37. The zero-order valence-corrected chi connectivity index (χ0v) is 15.8. The number of amides is 2. The number of carbonyl (C=O) groups is 3. The van der Waals surface area contributed by atoms with Crippen LogP contribution in [0.5, 0.6) is 0 Å². The Hall–Kier alpha value is -3.68. The van der Waals surface area contributed by atoms with E-state index in [-0.39, 0.29) is 11.6 Å². The summed E-state index contributed by atoms with van der Waals surface area (Å²) in [5.74, 6) is -2.80. The van der Waals surface area contributed by atoms with Gasteiger partial charge in [0.15, 0.2) is 0 Å². The highest BCUT2D eigenvalue weighted by atomic mass is 16.4. The lowest BCUT2D eigenvalue weighted by molar-refractivity contribution is -0.139. The molecule has 8 heteroatoms. The van der Waals surface area contributed by atoms with Crippen molar-refractivity contribution in [2.75, 3.05) is 5.32 Å². The Kier molecular flexibility index (Phi) is 6.86. The molecular weight excluding hydrogens is 360 g/mol. The average molecular weight is 382 g/mol. The average Bonchev–Trinajstić information content (AvgIpc) is 2.63. The highest BCUT2D eigenvalue weighted by molar-refractivity contribution is 6.35. The Bertz CT molecular complexity index is 922. The van der Waals surface area contributed by atoms with Crippen LogP contribution in [-0.2, 0) is 9.59 Å². The Morgan fingerprint density at radius 3 is 2.39 bits per heavy atom. The fourth-order valence-electron chi connectivity index (χ4n) is 2.31. The van der Waals surface area contributed by atoms with Crippen molar-refractivity contribution in [1.29, 1.82) is 0 Å². The number of hydrazone groups is 1. The number of carbonyl (C=O) groups excluding carboxylic acids is 2. The lowest BCUT2D eigenvalue weighted by Crippen LogP contribution is -2.41. The molecule has 0 bridgehead atoms. The minimum absolute atomic E-state index is 0.0701. The summed E-state index contributed by atoms with van der Waals surface area (Å²) in [6.07, 6.45) is 1.29. The van der Waals surface area contributed by atoms with Gasteiger partial charge in [-0.1, -0.05) is 18.2 Å². The van der Waals surface area contributed by atoms with Gasteiger partial charge >= 0.3 is 17.8 Å². The quantitative estimate of drug-likeness (QED) is 0.347. The monoisotopic (exact) mass is 382 g/mol. The maximum atomic E-state index is 11.7.